The van der Waals surface area contributed by atoms with Crippen molar-refractivity contribution >= 4 is 5.78 Å². The molecule has 1 saturated carbocycles. The van der Waals surface area contributed by atoms with Crippen LogP contribution >= 0.6 is 0 Å². The summed E-state index contributed by atoms with van der Waals surface area (Å²) in [5.74, 6) is 0.869. The van der Waals surface area contributed by atoms with E-state index in [1.807, 2.05) is 0 Å². The van der Waals surface area contributed by atoms with Crippen molar-refractivity contribution in [3.63, 3.8) is 0 Å². The maximum absolute atomic E-state index is 13.4. The van der Waals surface area contributed by atoms with Crippen LogP contribution in [-0.2, 0) is 16.1 Å². The Balaban J connectivity index is 1.35. The van der Waals surface area contributed by atoms with Crippen molar-refractivity contribution in [2.75, 3.05) is 13.1 Å². The summed E-state index contributed by atoms with van der Waals surface area (Å²) in [5, 5.41) is 0. The lowest BCUT2D eigenvalue weighted by molar-refractivity contribution is -0.172. The molecule has 0 radical (unpaired) electrons. The van der Waals surface area contributed by atoms with Gasteiger partial charge in [-0.2, -0.15) is 0 Å². The van der Waals surface area contributed by atoms with Gasteiger partial charge in [-0.15, -0.1) is 0 Å². The molecular formula is C25H29NO2. The van der Waals surface area contributed by atoms with Crippen molar-refractivity contribution in [1.82, 2.24) is 4.90 Å². The second-order valence-corrected chi connectivity index (χ2v) is 9.55. The van der Waals surface area contributed by atoms with Gasteiger partial charge in [-0.1, -0.05) is 61.7 Å². The Kier molecular flexibility index (Phi) is 3.92. The van der Waals surface area contributed by atoms with E-state index >= 15 is 0 Å². The van der Waals surface area contributed by atoms with Gasteiger partial charge in [0, 0.05) is 36.9 Å². The van der Waals surface area contributed by atoms with E-state index in [4.69, 9.17) is 4.74 Å². The highest BCUT2D eigenvalue weighted by Gasteiger charge is 2.61. The number of benzene rings is 1. The third kappa shape index (κ3) is 2.39. The van der Waals surface area contributed by atoms with E-state index in [2.05, 4.69) is 47.4 Å². The van der Waals surface area contributed by atoms with Gasteiger partial charge in [-0.3, -0.25) is 9.69 Å². The first kappa shape index (κ1) is 17.2. The molecule has 5 aliphatic rings. The zero-order valence-electron chi connectivity index (χ0n) is 16.5. The van der Waals surface area contributed by atoms with Crippen molar-refractivity contribution in [2.45, 2.75) is 57.3 Å². The highest BCUT2D eigenvalue weighted by Crippen LogP contribution is 2.59. The molecule has 3 heterocycles. The van der Waals surface area contributed by atoms with Crippen LogP contribution in [0.2, 0.25) is 0 Å². The first-order valence-electron chi connectivity index (χ1n) is 11.1. The number of Topliss-reactive ketones (excluding diaryl/α,β-unsaturated/α-hetero) is 1. The molecule has 2 bridgehead atoms. The summed E-state index contributed by atoms with van der Waals surface area (Å²) < 4.78 is 6.68. The number of nitrogens with zero attached hydrogens (tertiary/aromatic N) is 1. The van der Waals surface area contributed by atoms with Crippen molar-refractivity contribution in [2.24, 2.45) is 17.3 Å². The fourth-order valence-corrected chi connectivity index (χ4v) is 6.94. The van der Waals surface area contributed by atoms with E-state index in [9.17, 15) is 4.79 Å². The van der Waals surface area contributed by atoms with Crippen LogP contribution in [0.5, 0.6) is 0 Å². The number of carbonyl (C=O) groups excluding carboxylic acids is 1. The van der Waals surface area contributed by atoms with E-state index in [0.29, 0.717) is 11.7 Å². The first-order chi connectivity index (χ1) is 13.8. The molecule has 2 saturated heterocycles. The molecule has 3 nitrogen and oxygen atoms in total. The van der Waals surface area contributed by atoms with Crippen LogP contribution < -0.4 is 0 Å². The summed E-state index contributed by atoms with van der Waals surface area (Å²) >= 11 is 0. The van der Waals surface area contributed by atoms with Crippen LogP contribution in [0.1, 0.15) is 44.1 Å². The third-order valence-electron chi connectivity index (χ3n) is 8.10. The zero-order valence-corrected chi connectivity index (χ0v) is 16.5. The Labute approximate surface area is 167 Å². The first-order valence-corrected chi connectivity index (χ1v) is 11.1. The van der Waals surface area contributed by atoms with Gasteiger partial charge >= 0.3 is 0 Å². The van der Waals surface area contributed by atoms with Gasteiger partial charge < -0.3 is 4.74 Å². The normalized spacial score (nSPS) is 36.1. The van der Waals surface area contributed by atoms with E-state index < -0.39 is 0 Å². The molecule has 3 aliphatic heterocycles. The molecule has 1 spiro atoms. The number of carbonyl (C=O) groups is 1. The van der Waals surface area contributed by atoms with Crippen LogP contribution in [-0.4, -0.2) is 36.0 Å². The lowest BCUT2D eigenvalue weighted by Crippen LogP contribution is -2.59. The monoisotopic (exact) mass is 375 g/mol. The number of allylic oxidation sites excluding steroid dienone is 2. The average molecular weight is 376 g/mol. The van der Waals surface area contributed by atoms with Gasteiger partial charge in [0.1, 0.15) is 6.10 Å². The molecule has 0 amide bonds. The number of hydrogen-bond acceptors (Lipinski definition) is 3. The molecule has 146 valence electrons. The number of ether oxygens (including phenoxy) is 1. The van der Waals surface area contributed by atoms with Gasteiger partial charge in [-0.25, -0.2) is 0 Å². The summed E-state index contributed by atoms with van der Waals surface area (Å²) in [6.07, 6.45) is 11.9. The molecule has 1 aromatic rings. The van der Waals surface area contributed by atoms with Crippen LogP contribution in [0.4, 0.5) is 0 Å². The number of fused-ring (bicyclic) bond motifs is 7. The molecule has 3 heteroatoms. The van der Waals surface area contributed by atoms with E-state index in [1.54, 1.807) is 0 Å². The van der Waals surface area contributed by atoms with Gasteiger partial charge in [-0.05, 0) is 36.0 Å². The van der Waals surface area contributed by atoms with Gasteiger partial charge in [0.05, 0.1) is 6.10 Å². The van der Waals surface area contributed by atoms with Crippen LogP contribution in [0.15, 0.2) is 53.6 Å². The molecule has 2 unspecified atom stereocenters. The molecule has 4 atom stereocenters. The molecule has 28 heavy (non-hydrogen) atoms. The van der Waals surface area contributed by atoms with E-state index in [-0.39, 0.29) is 23.5 Å². The van der Waals surface area contributed by atoms with E-state index in [0.717, 1.165) is 26.1 Å². The quantitative estimate of drug-likeness (QED) is 0.772. The zero-order chi connectivity index (χ0) is 18.7. The standard InChI is InChI=1S/C25H29NO2/c27-22-19-15-26(14-17-8-3-1-4-9-17)16-20(19)24-25(12-5-2-6-13-25)21-11-7-10-18(21)23(22)28-24/h1,3-4,7-9,11,19-20,23-24H,2,5-6,10,12-16H2/t19?,20?,23-,24-/m1/s1. The topological polar surface area (TPSA) is 29.5 Å². The molecule has 1 aromatic carbocycles. The van der Waals surface area contributed by atoms with Gasteiger partial charge in [0.2, 0.25) is 0 Å². The highest BCUT2D eigenvalue weighted by molar-refractivity contribution is 5.91. The van der Waals surface area contributed by atoms with Crippen molar-refractivity contribution in [3.8, 4) is 0 Å². The largest absolute Gasteiger partial charge is 0.361 e. The Morgan fingerprint density at radius 3 is 2.71 bits per heavy atom. The van der Waals surface area contributed by atoms with E-state index in [1.165, 1.54) is 48.8 Å². The SMILES string of the molecule is O=C1C2CN(Cc3ccccc3)CC2[C@H]2O[C@@H]1C1=C(C=CC1)C21CCCCC1. The van der Waals surface area contributed by atoms with Gasteiger partial charge in [0.25, 0.3) is 0 Å². The molecule has 0 aromatic heterocycles. The highest BCUT2D eigenvalue weighted by atomic mass is 16.5. The number of ketones is 1. The summed E-state index contributed by atoms with van der Waals surface area (Å²) in [6.45, 7) is 2.84. The van der Waals surface area contributed by atoms with Crippen LogP contribution in [0, 0.1) is 17.3 Å². The molecule has 6 rings (SSSR count). The summed E-state index contributed by atoms with van der Waals surface area (Å²) in [6, 6.07) is 10.7. The molecule has 0 N–H and O–H groups in total. The summed E-state index contributed by atoms with van der Waals surface area (Å²) in [7, 11) is 0. The maximum atomic E-state index is 13.4. The smallest absolute Gasteiger partial charge is 0.170 e. The lowest BCUT2D eigenvalue weighted by Gasteiger charge is -2.55. The third-order valence-corrected chi connectivity index (χ3v) is 8.10. The Hall–Kier alpha value is -1.71. The van der Waals surface area contributed by atoms with Gasteiger partial charge in [0.15, 0.2) is 5.78 Å². The van der Waals surface area contributed by atoms with Crippen molar-refractivity contribution in [3.05, 3.63) is 59.2 Å². The van der Waals surface area contributed by atoms with Crippen molar-refractivity contribution < 1.29 is 9.53 Å². The minimum atomic E-state index is -0.263. The molecular weight excluding hydrogens is 346 g/mol. The minimum Gasteiger partial charge on any atom is -0.361 e. The fourth-order valence-electron chi connectivity index (χ4n) is 6.94. The lowest BCUT2D eigenvalue weighted by atomic mass is 9.57. The minimum absolute atomic E-state index is 0.154. The number of hydrogen-bond donors (Lipinski definition) is 0. The fraction of sp³-hybridized carbons (Fsp3) is 0.560. The van der Waals surface area contributed by atoms with Crippen LogP contribution in [0.25, 0.3) is 0 Å². The second-order valence-electron chi connectivity index (χ2n) is 9.55. The number of rotatable bonds is 2. The summed E-state index contributed by atoms with van der Waals surface area (Å²) in [5.41, 5.74) is 4.32. The Morgan fingerprint density at radius 2 is 1.89 bits per heavy atom. The average Bonchev–Trinajstić information content (AvgIpc) is 3.38. The second kappa shape index (κ2) is 6.40. The predicted octanol–water partition coefficient (Wildman–Crippen LogP) is 4.29. The number of likely N-dealkylation sites (tertiary alicyclic amines) is 1. The Bertz CT molecular complexity index is 849. The molecule has 3 fully saturated rings. The predicted molar refractivity (Wildman–Crippen MR) is 109 cm³/mol. The Morgan fingerprint density at radius 1 is 1.07 bits per heavy atom. The maximum Gasteiger partial charge on any atom is 0.170 e. The van der Waals surface area contributed by atoms with Crippen LogP contribution in [0.3, 0.4) is 0 Å². The van der Waals surface area contributed by atoms with Crippen molar-refractivity contribution in [1.29, 1.82) is 0 Å². The summed E-state index contributed by atoms with van der Waals surface area (Å²) in [4.78, 5) is 15.9. The molecule has 2 aliphatic carbocycles.